The Bertz CT molecular complexity index is 745. The van der Waals surface area contributed by atoms with Crippen molar-refractivity contribution in [1.29, 1.82) is 0 Å². The number of hydrogen-bond acceptors (Lipinski definition) is 2. The van der Waals surface area contributed by atoms with Crippen LogP contribution in [0.5, 0.6) is 0 Å². The molecule has 2 heterocycles. The number of primary amides is 1. The molecule has 22 heavy (non-hydrogen) atoms. The Balaban J connectivity index is 1.84. The van der Waals surface area contributed by atoms with E-state index in [0.717, 1.165) is 10.9 Å². The second-order valence-electron chi connectivity index (χ2n) is 5.76. The van der Waals surface area contributed by atoms with Crippen molar-refractivity contribution < 1.29 is 9.59 Å². The van der Waals surface area contributed by atoms with Gasteiger partial charge in [-0.2, -0.15) is 0 Å². The molecule has 3 rings (SSSR count). The number of aromatic nitrogens is 1. The Labute approximate surface area is 133 Å². The van der Waals surface area contributed by atoms with Gasteiger partial charge in [0.15, 0.2) is 0 Å². The number of carbonyl (C=O) groups excluding carboxylic acids is 2. The van der Waals surface area contributed by atoms with Crippen LogP contribution < -0.4 is 5.73 Å². The van der Waals surface area contributed by atoms with Crippen molar-refractivity contribution in [3.05, 3.63) is 35.0 Å². The van der Waals surface area contributed by atoms with Gasteiger partial charge in [-0.1, -0.05) is 17.7 Å². The lowest BCUT2D eigenvalue weighted by Crippen LogP contribution is -2.42. The van der Waals surface area contributed by atoms with Gasteiger partial charge in [0.2, 0.25) is 5.91 Å². The van der Waals surface area contributed by atoms with E-state index < -0.39 is 0 Å². The summed E-state index contributed by atoms with van der Waals surface area (Å²) in [5, 5.41) is 1.64. The van der Waals surface area contributed by atoms with Crippen LogP contribution in [-0.4, -0.2) is 34.4 Å². The van der Waals surface area contributed by atoms with E-state index in [0.29, 0.717) is 36.6 Å². The summed E-state index contributed by atoms with van der Waals surface area (Å²) in [7, 11) is 1.86. The molecule has 1 aliphatic heterocycles. The first-order valence-corrected chi connectivity index (χ1v) is 7.68. The van der Waals surface area contributed by atoms with Gasteiger partial charge in [0, 0.05) is 42.0 Å². The predicted molar refractivity (Wildman–Crippen MR) is 85.8 cm³/mol. The largest absolute Gasteiger partial charge is 0.369 e. The van der Waals surface area contributed by atoms with Crippen molar-refractivity contribution in [2.24, 2.45) is 18.7 Å². The molecule has 5 nitrogen and oxygen atoms in total. The molecule has 2 aromatic rings. The molecule has 0 bridgehead atoms. The Morgan fingerprint density at radius 3 is 2.55 bits per heavy atom. The average Bonchev–Trinajstić information content (AvgIpc) is 2.83. The van der Waals surface area contributed by atoms with E-state index in [1.807, 2.05) is 35.9 Å². The Morgan fingerprint density at radius 2 is 1.91 bits per heavy atom. The van der Waals surface area contributed by atoms with Crippen molar-refractivity contribution in [2.45, 2.75) is 12.8 Å². The van der Waals surface area contributed by atoms with Crippen LogP contribution in [0.3, 0.4) is 0 Å². The van der Waals surface area contributed by atoms with Crippen LogP contribution in [0.15, 0.2) is 24.3 Å². The van der Waals surface area contributed by atoms with Crippen LogP contribution in [0.2, 0.25) is 5.02 Å². The molecule has 0 unspecified atom stereocenters. The maximum Gasteiger partial charge on any atom is 0.270 e. The summed E-state index contributed by atoms with van der Waals surface area (Å²) in [6.45, 7) is 1.13. The summed E-state index contributed by atoms with van der Waals surface area (Å²) in [5.41, 5.74) is 6.90. The molecule has 2 amide bonds. The summed E-state index contributed by atoms with van der Waals surface area (Å²) < 4.78 is 1.86. The van der Waals surface area contributed by atoms with E-state index in [1.54, 1.807) is 4.90 Å². The van der Waals surface area contributed by atoms with Gasteiger partial charge in [-0.3, -0.25) is 9.59 Å². The van der Waals surface area contributed by atoms with Gasteiger partial charge in [-0.25, -0.2) is 0 Å². The SMILES string of the molecule is Cn1c(C(=O)N2CCC(C(N)=O)CC2)cc2ccc(Cl)cc21. The molecule has 0 radical (unpaired) electrons. The monoisotopic (exact) mass is 319 g/mol. The standard InChI is InChI=1S/C16H18ClN3O2/c1-19-13-9-12(17)3-2-11(13)8-14(19)16(22)20-6-4-10(5-7-20)15(18)21/h2-3,8-10H,4-7H2,1H3,(H2,18,21). The Hall–Kier alpha value is -2.01. The van der Waals surface area contributed by atoms with Crippen molar-refractivity contribution in [2.75, 3.05) is 13.1 Å². The molecule has 1 fully saturated rings. The highest BCUT2D eigenvalue weighted by Crippen LogP contribution is 2.25. The number of aryl methyl sites for hydroxylation is 1. The zero-order chi connectivity index (χ0) is 15.9. The topological polar surface area (TPSA) is 68.3 Å². The van der Waals surface area contributed by atoms with Crippen LogP contribution >= 0.6 is 11.6 Å². The number of fused-ring (bicyclic) bond motifs is 1. The first-order chi connectivity index (χ1) is 10.5. The van der Waals surface area contributed by atoms with Gasteiger partial charge in [0.25, 0.3) is 5.91 Å². The third-order valence-electron chi connectivity index (χ3n) is 4.41. The quantitative estimate of drug-likeness (QED) is 0.921. The van der Waals surface area contributed by atoms with E-state index >= 15 is 0 Å². The van der Waals surface area contributed by atoms with Gasteiger partial charge in [0.05, 0.1) is 0 Å². The summed E-state index contributed by atoms with van der Waals surface area (Å²) in [4.78, 5) is 25.7. The molecule has 1 aliphatic rings. The number of likely N-dealkylation sites (tertiary alicyclic amines) is 1. The summed E-state index contributed by atoms with van der Waals surface area (Å²) >= 11 is 6.02. The van der Waals surface area contributed by atoms with Crippen LogP contribution in [0, 0.1) is 5.92 Å². The third-order valence-corrected chi connectivity index (χ3v) is 4.65. The third kappa shape index (κ3) is 2.57. The maximum atomic E-state index is 12.7. The number of nitrogens with zero attached hydrogens (tertiary/aromatic N) is 2. The highest BCUT2D eigenvalue weighted by Gasteiger charge is 2.27. The molecule has 0 spiro atoms. The van der Waals surface area contributed by atoms with E-state index in [9.17, 15) is 9.59 Å². The molecule has 0 saturated carbocycles. The van der Waals surface area contributed by atoms with Crippen LogP contribution in [0.4, 0.5) is 0 Å². The zero-order valence-electron chi connectivity index (χ0n) is 12.4. The van der Waals surface area contributed by atoms with E-state index in [4.69, 9.17) is 17.3 Å². The van der Waals surface area contributed by atoms with Crippen LogP contribution in [0.25, 0.3) is 10.9 Å². The molecule has 2 N–H and O–H groups in total. The first-order valence-electron chi connectivity index (χ1n) is 7.31. The minimum Gasteiger partial charge on any atom is -0.369 e. The number of rotatable bonds is 2. The number of halogens is 1. The van der Waals surface area contributed by atoms with E-state index in [2.05, 4.69) is 0 Å². The number of nitrogens with two attached hydrogens (primary N) is 1. The van der Waals surface area contributed by atoms with E-state index in [-0.39, 0.29) is 17.7 Å². The predicted octanol–water partition coefficient (Wildman–Crippen LogP) is 2.17. The lowest BCUT2D eigenvalue weighted by molar-refractivity contribution is -0.123. The highest BCUT2D eigenvalue weighted by atomic mass is 35.5. The minimum absolute atomic E-state index is 0.0160. The molecule has 1 saturated heterocycles. The fraction of sp³-hybridized carbons (Fsp3) is 0.375. The fourth-order valence-corrected chi connectivity index (χ4v) is 3.20. The lowest BCUT2D eigenvalue weighted by Gasteiger charge is -2.30. The lowest BCUT2D eigenvalue weighted by atomic mass is 9.96. The van der Waals surface area contributed by atoms with Crippen LogP contribution in [0.1, 0.15) is 23.3 Å². The number of piperidine rings is 1. The first kappa shape index (κ1) is 14.9. The van der Waals surface area contributed by atoms with Crippen molar-refractivity contribution in [3.8, 4) is 0 Å². The molecule has 116 valence electrons. The Morgan fingerprint density at radius 1 is 1.23 bits per heavy atom. The van der Waals surface area contributed by atoms with Gasteiger partial charge in [-0.15, -0.1) is 0 Å². The van der Waals surface area contributed by atoms with Gasteiger partial charge in [0.1, 0.15) is 5.69 Å². The second-order valence-corrected chi connectivity index (χ2v) is 6.20. The summed E-state index contributed by atoms with van der Waals surface area (Å²) in [6, 6.07) is 7.46. The molecule has 6 heteroatoms. The number of benzene rings is 1. The fourth-order valence-electron chi connectivity index (χ4n) is 3.04. The van der Waals surface area contributed by atoms with Gasteiger partial charge in [-0.05, 0) is 31.0 Å². The number of hydrogen-bond donors (Lipinski definition) is 1. The zero-order valence-corrected chi connectivity index (χ0v) is 13.1. The Kier molecular flexibility index (Phi) is 3.83. The van der Waals surface area contributed by atoms with E-state index in [1.165, 1.54) is 0 Å². The molecular weight excluding hydrogens is 302 g/mol. The van der Waals surface area contributed by atoms with Crippen LogP contribution in [-0.2, 0) is 11.8 Å². The molecule has 1 aromatic heterocycles. The van der Waals surface area contributed by atoms with Crippen molar-refractivity contribution >= 4 is 34.3 Å². The van der Waals surface area contributed by atoms with Crippen molar-refractivity contribution in [1.82, 2.24) is 9.47 Å². The van der Waals surface area contributed by atoms with Crippen molar-refractivity contribution in [3.63, 3.8) is 0 Å². The number of amides is 2. The highest BCUT2D eigenvalue weighted by molar-refractivity contribution is 6.31. The second kappa shape index (κ2) is 5.65. The normalized spacial score (nSPS) is 16.2. The van der Waals surface area contributed by atoms with Gasteiger partial charge < -0.3 is 15.2 Å². The smallest absolute Gasteiger partial charge is 0.270 e. The number of carbonyl (C=O) groups is 2. The summed E-state index contributed by atoms with van der Waals surface area (Å²) in [5.74, 6) is -0.403. The summed E-state index contributed by atoms with van der Waals surface area (Å²) in [6.07, 6.45) is 1.27. The molecular formula is C16H18ClN3O2. The maximum absolute atomic E-state index is 12.7. The molecule has 1 aromatic carbocycles. The molecule has 0 atom stereocenters. The minimum atomic E-state index is -0.272. The average molecular weight is 320 g/mol. The molecule has 0 aliphatic carbocycles. The van der Waals surface area contributed by atoms with Gasteiger partial charge >= 0.3 is 0 Å².